The van der Waals surface area contributed by atoms with Gasteiger partial charge in [-0.1, -0.05) is 0 Å². The molecular weight excluding hydrogens is 232 g/mol. The van der Waals surface area contributed by atoms with Crippen LogP contribution in [0, 0.1) is 0 Å². The molecule has 0 N–H and O–H groups in total. The normalized spacial score (nSPS) is 15.3. The van der Waals surface area contributed by atoms with E-state index in [1.807, 2.05) is 4.90 Å². The lowest BCUT2D eigenvalue weighted by molar-refractivity contribution is 0.0598. The van der Waals surface area contributed by atoms with Crippen LogP contribution in [0.15, 0.2) is 18.3 Å². The quantitative estimate of drug-likeness (QED) is 0.744. The summed E-state index contributed by atoms with van der Waals surface area (Å²) < 4.78 is 4.58. The van der Waals surface area contributed by atoms with E-state index in [1.54, 1.807) is 12.1 Å². The summed E-state index contributed by atoms with van der Waals surface area (Å²) in [6.45, 7) is 1.58. The Morgan fingerprint density at radius 2 is 1.94 bits per heavy atom. The molecule has 1 aliphatic heterocycles. The number of rotatable bonds is 2. The van der Waals surface area contributed by atoms with E-state index in [0.29, 0.717) is 11.3 Å². The molecule has 2 rings (SSSR count). The van der Waals surface area contributed by atoms with Crippen LogP contribution in [0.3, 0.4) is 0 Å². The van der Waals surface area contributed by atoms with Gasteiger partial charge in [0.1, 0.15) is 5.69 Å². The first-order chi connectivity index (χ1) is 8.72. The number of methoxy groups -OCH3 is 1. The number of esters is 1. The molecule has 1 aliphatic rings. The van der Waals surface area contributed by atoms with Crippen LogP contribution in [-0.2, 0) is 4.74 Å². The van der Waals surface area contributed by atoms with Crippen molar-refractivity contribution in [1.29, 1.82) is 0 Å². The molecule has 0 radical (unpaired) electrons. The predicted molar refractivity (Wildman–Crippen MR) is 65.3 cm³/mol. The van der Waals surface area contributed by atoms with Crippen molar-refractivity contribution in [2.24, 2.45) is 0 Å². The largest absolute Gasteiger partial charge is 0.465 e. The summed E-state index contributed by atoms with van der Waals surface area (Å²) in [5, 5.41) is 0. The zero-order valence-electron chi connectivity index (χ0n) is 10.4. The number of aromatic nitrogens is 1. The highest BCUT2D eigenvalue weighted by Crippen LogP contribution is 2.12. The van der Waals surface area contributed by atoms with Crippen molar-refractivity contribution < 1.29 is 14.3 Å². The smallest absolute Gasteiger partial charge is 0.339 e. The molecule has 5 heteroatoms. The number of hydrogen-bond acceptors (Lipinski definition) is 4. The second-order valence-electron chi connectivity index (χ2n) is 4.28. The monoisotopic (exact) mass is 248 g/mol. The van der Waals surface area contributed by atoms with Crippen LogP contribution in [0.1, 0.15) is 40.1 Å². The van der Waals surface area contributed by atoms with Crippen molar-refractivity contribution in [1.82, 2.24) is 9.88 Å². The molecule has 1 saturated heterocycles. The fourth-order valence-corrected chi connectivity index (χ4v) is 2.02. The van der Waals surface area contributed by atoms with Crippen LogP contribution < -0.4 is 0 Å². The Labute approximate surface area is 106 Å². The van der Waals surface area contributed by atoms with Gasteiger partial charge in [-0.2, -0.15) is 0 Å². The van der Waals surface area contributed by atoms with Crippen LogP contribution >= 0.6 is 0 Å². The Morgan fingerprint density at radius 1 is 1.22 bits per heavy atom. The van der Waals surface area contributed by atoms with Crippen LogP contribution in [-0.4, -0.2) is 42.0 Å². The summed E-state index contributed by atoms with van der Waals surface area (Å²) >= 11 is 0. The number of hydrogen-bond donors (Lipinski definition) is 0. The molecule has 5 nitrogen and oxygen atoms in total. The topological polar surface area (TPSA) is 59.5 Å². The van der Waals surface area contributed by atoms with Crippen LogP contribution in [0.4, 0.5) is 0 Å². The summed E-state index contributed by atoms with van der Waals surface area (Å²) in [5.41, 5.74) is 0.734. The fourth-order valence-electron chi connectivity index (χ4n) is 2.02. The summed E-state index contributed by atoms with van der Waals surface area (Å²) in [4.78, 5) is 29.2. The van der Waals surface area contributed by atoms with E-state index in [4.69, 9.17) is 0 Å². The summed E-state index contributed by atoms with van der Waals surface area (Å²) in [6.07, 6.45) is 4.65. The predicted octanol–water partition coefficient (Wildman–Crippen LogP) is 1.49. The van der Waals surface area contributed by atoms with Crippen LogP contribution in [0.25, 0.3) is 0 Å². The van der Waals surface area contributed by atoms with E-state index in [2.05, 4.69) is 9.72 Å². The van der Waals surface area contributed by atoms with E-state index >= 15 is 0 Å². The summed E-state index contributed by atoms with van der Waals surface area (Å²) in [7, 11) is 1.31. The SMILES string of the molecule is COC(=O)c1ccc(C(=O)N2CCCCC2)nc1. The molecule has 1 aromatic heterocycles. The van der Waals surface area contributed by atoms with Gasteiger partial charge < -0.3 is 9.64 Å². The number of carbonyl (C=O) groups excluding carboxylic acids is 2. The number of pyridine rings is 1. The van der Waals surface area contributed by atoms with Crippen molar-refractivity contribution >= 4 is 11.9 Å². The molecule has 0 saturated carbocycles. The Morgan fingerprint density at radius 3 is 2.50 bits per heavy atom. The van der Waals surface area contributed by atoms with Gasteiger partial charge in [0.25, 0.3) is 5.91 Å². The fraction of sp³-hybridized carbons (Fsp3) is 0.462. The lowest BCUT2D eigenvalue weighted by atomic mass is 10.1. The second-order valence-corrected chi connectivity index (χ2v) is 4.28. The average molecular weight is 248 g/mol. The Bertz CT molecular complexity index is 436. The van der Waals surface area contributed by atoms with Gasteiger partial charge in [-0.15, -0.1) is 0 Å². The van der Waals surface area contributed by atoms with Crippen molar-refractivity contribution in [2.75, 3.05) is 20.2 Å². The van der Waals surface area contributed by atoms with Crippen LogP contribution in [0.2, 0.25) is 0 Å². The summed E-state index contributed by atoms with van der Waals surface area (Å²) in [5.74, 6) is -0.509. The molecular formula is C13H16N2O3. The number of carbonyl (C=O) groups is 2. The first kappa shape index (κ1) is 12.5. The van der Waals surface area contributed by atoms with Crippen molar-refractivity contribution in [3.05, 3.63) is 29.6 Å². The lowest BCUT2D eigenvalue weighted by Crippen LogP contribution is -2.36. The molecule has 1 amide bonds. The van der Waals surface area contributed by atoms with Gasteiger partial charge in [0.2, 0.25) is 0 Å². The highest BCUT2D eigenvalue weighted by atomic mass is 16.5. The third kappa shape index (κ3) is 2.67. The van der Waals surface area contributed by atoms with Gasteiger partial charge in [0.05, 0.1) is 12.7 Å². The van der Waals surface area contributed by atoms with E-state index in [1.165, 1.54) is 19.7 Å². The molecule has 0 aliphatic carbocycles. The van der Waals surface area contributed by atoms with E-state index in [-0.39, 0.29) is 5.91 Å². The Hall–Kier alpha value is -1.91. The number of piperidine rings is 1. The third-order valence-corrected chi connectivity index (χ3v) is 3.05. The number of ether oxygens (including phenoxy) is 1. The van der Waals surface area contributed by atoms with Gasteiger partial charge >= 0.3 is 5.97 Å². The number of likely N-dealkylation sites (tertiary alicyclic amines) is 1. The maximum atomic E-state index is 12.1. The molecule has 0 aromatic carbocycles. The highest BCUT2D eigenvalue weighted by molar-refractivity contribution is 5.94. The number of amides is 1. The van der Waals surface area contributed by atoms with Gasteiger partial charge in [0, 0.05) is 19.3 Å². The Balaban J connectivity index is 2.08. The van der Waals surface area contributed by atoms with E-state index < -0.39 is 5.97 Å². The standard InChI is InChI=1S/C13H16N2O3/c1-18-13(17)10-5-6-11(14-9-10)12(16)15-7-3-2-4-8-15/h5-6,9H,2-4,7-8H2,1H3. The molecule has 18 heavy (non-hydrogen) atoms. The second kappa shape index (κ2) is 5.62. The maximum Gasteiger partial charge on any atom is 0.339 e. The van der Waals surface area contributed by atoms with Crippen molar-refractivity contribution in [3.8, 4) is 0 Å². The van der Waals surface area contributed by atoms with E-state index in [0.717, 1.165) is 25.9 Å². The molecule has 96 valence electrons. The van der Waals surface area contributed by atoms with Crippen molar-refractivity contribution in [2.45, 2.75) is 19.3 Å². The van der Waals surface area contributed by atoms with Gasteiger partial charge in [-0.25, -0.2) is 4.79 Å². The molecule has 0 atom stereocenters. The molecule has 2 heterocycles. The molecule has 0 bridgehead atoms. The zero-order valence-corrected chi connectivity index (χ0v) is 10.4. The van der Waals surface area contributed by atoms with E-state index in [9.17, 15) is 9.59 Å². The highest BCUT2D eigenvalue weighted by Gasteiger charge is 2.19. The van der Waals surface area contributed by atoms with Gasteiger partial charge in [-0.3, -0.25) is 9.78 Å². The molecule has 0 unspecified atom stereocenters. The zero-order chi connectivity index (χ0) is 13.0. The molecule has 1 aromatic rings. The molecule has 1 fully saturated rings. The van der Waals surface area contributed by atoms with Crippen LogP contribution in [0.5, 0.6) is 0 Å². The first-order valence-electron chi connectivity index (χ1n) is 6.06. The van der Waals surface area contributed by atoms with Crippen molar-refractivity contribution in [3.63, 3.8) is 0 Å². The minimum absolute atomic E-state index is 0.0638. The number of nitrogens with zero attached hydrogens (tertiary/aromatic N) is 2. The average Bonchev–Trinajstić information content (AvgIpc) is 2.47. The maximum absolute atomic E-state index is 12.1. The minimum Gasteiger partial charge on any atom is -0.465 e. The molecule has 0 spiro atoms. The lowest BCUT2D eigenvalue weighted by Gasteiger charge is -2.26. The minimum atomic E-state index is -0.445. The first-order valence-corrected chi connectivity index (χ1v) is 6.06. The Kier molecular flexibility index (Phi) is 3.92. The van der Waals surface area contributed by atoms with Gasteiger partial charge in [0.15, 0.2) is 0 Å². The third-order valence-electron chi connectivity index (χ3n) is 3.05. The van der Waals surface area contributed by atoms with Gasteiger partial charge in [-0.05, 0) is 31.4 Å². The summed E-state index contributed by atoms with van der Waals surface area (Å²) in [6, 6.07) is 3.14.